The quantitative estimate of drug-likeness (QED) is 0.846. The Morgan fingerprint density at radius 1 is 1.11 bits per heavy atom. The minimum atomic E-state index is -0.107. The predicted molar refractivity (Wildman–Crippen MR) is 81.6 cm³/mol. The molecule has 1 nitrogen and oxygen atoms in total. The van der Waals surface area contributed by atoms with Crippen LogP contribution in [-0.2, 0) is 6.42 Å². The van der Waals surface area contributed by atoms with Gasteiger partial charge in [-0.05, 0) is 48.9 Å². The van der Waals surface area contributed by atoms with Crippen LogP contribution < -0.4 is 5.73 Å². The Bertz CT molecular complexity index is 411. The lowest BCUT2D eigenvalue weighted by Crippen LogP contribution is -2.34. The largest absolute Gasteiger partial charge is 0.330 e. The first kappa shape index (κ1) is 15.0. The van der Waals surface area contributed by atoms with E-state index in [1.54, 1.807) is 6.07 Å². The number of hydrogen-bond donors (Lipinski definition) is 1. The molecule has 0 bridgehead atoms. The molecular formula is C16H23BrFN. The molecule has 0 atom stereocenters. The Morgan fingerprint density at radius 3 is 2.32 bits per heavy atom. The molecule has 0 radical (unpaired) electrons. The van der Waals surface area contributed by atoms with Crippen LogP contribution in [0.5, 0.6) is 0 Å². The van der Waals surface area contributed by atoms with Gasteiger partial charge in [-0.2, -0.15) is 0 Å². The molecule has 1 aromatic rings. The first-order valence-corrected chi connectivity index (χ1v) is 8.09. The van der Waals surface area contributed by atoms with E-state index in [1.165, 1.54) is 32.1 Å². The summed E-state index contributed by atoms with van der Waals surface area (Å²) in [4.78, 5) is 0. The van der Waals surface area contributed by atoms with Gasteiger partial charge in [-0.15, -0.1) is 0 Å². The third-order valence-corrected chi connectivity index (χ3v) is 4.92. The van der Waals surface area contributed by atoms with Crippen molar-refractivity contribution in [3.8, 4) is 0 Å². The highest BCUT2D eigenvalue weighted by molar-refractivity contribution is 9.10. The van der Waals surface area contributed by atoms with Crippen molar-refractivity contribution in [3.63, 3.8) is 0 Å². The van der Waals surface area contributed by atoms with Crippen LogP contribution in [0.2, 0.25) is 0 Å². The number of benzene rings is 1. The van der Waals surface area contributed by atoms with Crippen LogP contribution in [0, 0.1) is 11.2 Å². The molecule has 0 aromatic heterocycles. The highest BCUT2D eigenvalue weighted by Crippen LogP contribution is 2.37. The summed E-state index contributed by atoms with van der Waals surface area (Å²) >= 11 is 3.31. The van der Waals surface area contributed by atoms with Crippen LogP contribution in [0.3, 0.4) is 0 Å². The maximum atomic E-state index is 14.0. The van der Waals surface area contributed by atoms with E-state index in [1.807, 2.05) is 12.1 Å². The molecule has 1 fully saturated rings. The summed E-state index contributed by atoms with van der Waals surface area (Å²) in [5, 5.41) is 0. The fourth-order valence-corrected chi connectivity index (χ4v) is 3.51. The zero-order valence-electron chi connectivity index (χ0n) is 11.4. The van der Waals surface area contributed by atoms with Gasteiger partial charge in [-0.1, -0.05) is 54.1 Å². The number of halogens is 2. The minimum Gasteiger partial charge on any atom is -0.330 e. The second-order valence-electron chi connectivity index (χ2n) is 5.88. The van der Waals surface area contributed by atoms with Gasteiger partial charge in [0.05, 0.1) is 0 Å². The average Bonchev–Trinajstić information content (AvgIpc) is 2.36. The molecule has 19 heavy (non-hydrogen) atoms. The SMILES string of the molecule is NCC1(Cc2ccc(Br)cc2F)CCCCCCC1. The summed E-state index contributed by atoms with van der Waals surface area (Å²) in [5.74, 6) is -0.107. The van der Waals surface area contributed by atoms with Crippen LogP contribution >= 0.6 is 15.9 Å². The van der Waals surface area contributed by atoms with Crippen molar-refractivity contribution >= 4 is 15.9 Å². The summed E-state index contributed by atoms with van der Waals surface area (Å²) in [6.45, 7) is 0.669. The topological polar surface area (TPSA) is 26.0 Å². The van der Waals surface area contributed by atoms with E-state index in [0.29, 0.717) is 6.54 Å². The fourth-order valence-electron chi connectivity index (χ4n) is 3.18. The Labute approximate surface area is 123 Å². The lowest BCUT2D eigenvalue weighted by atomic mass is 9.72. The van der Waals surface area contributed by atoms with Crippen LogP contribution in [0.1, 0.15) is 50.5 Å². The molecule has 1 aromatic carbocycles. The zero-order chi connectivity index (χ0) is 13.7. The summed E-state index contributed by atoms with van der Waals surface area (Å²) in [6.07, 6.45) is 9.45. The van der Waals surface area contributed by atoms with Gasteiger partial charge in [0.15, 0.2) is 0 Å². The maximum Gasteiger partial charge on any atom is 0.127 e. The molecule has 2 N–H and O–H groups in total. The zero-order valence-corrected chi connectivity index (χ0v) is 13.0. The van der Waals surface area contributed by atoms with E-state index < -0.39 is 0 Å². The molecule has 106 valence electrons. The number of hydrogen-bond acceptors (Lipinski definition) is 1. The van der Waals surface area contributed by atoms with E-state index in [2.05, 4.69) is 15.9 Å². The lowest BCUT2D eigenvalue weighted by molar-refractivity contribution is 0.215. The van der Waals surface area contributed by atoms with Gasteiger partial charge in [-0.3, -0.25) is 0 Å². The number of nitrogens with two attached hydrogens (primary N) is 1. The molecule has 3 heteroatoms. The van der Waals surface area contributed by atoms with E-state index >= 15 is 0 Å². The van der Waals surface area contributed by atoms with Crippen molar-refractivity contribution in [3.05, 3.63) is 34.1 Å². The van der Waals surface area contributed by atoms with Crippen molar-refractivity contribution in [2.75, 3.05) is 6.54 Å². The van der Waals surface area contributed by atoms with E-state index in [9.17, 15) is 4.39 Å². The molecule has 0 amide bonds. The standard InChI is InChI=1S/C16H23BrFN/c17-14-7-6-13(15(18)10-14)11-16(12-19)8-4-2-1-3-5-9-16/h6-7,10H,1-5,8-9,11-12,19H2. The molecule has 0 heterocycles. The van der Waals surface area contributed by atoms with Crippen molar-refractivity contribution in [2.45, 2.75) is 51.4 Å². The third kappa shape index (κ3) is 4.03. The molecule has 0 saturated heterocycles. The Balaban J connectivity index is 2.15. The smallest absolute Gasteiger partial charge is 0.127 e. The van der Waals surface area contributed by atoms with Gasteiger partial charge < -0.3 is 5.73 Å². The predicted octanol–water partition coefficient (Wildman–Crippen LogP) is 4.82. The van der Waals surface area contributed by atoms with Crippen molar-refractivity contribution in [1.82, 2.24) is 0 Å². The molecule has 1 aliphatic carbocycles. The molecule has 0 aliphatic heterocycles. The first-order chi connectivity index (χ1) is 9.15. The Hall–Kier alpha value is -0.410. The molecule has 2 rings (SSSR count). The molecule has 1 saturated carbocycles. The normalized spacial score (nSPS) is 19.7. The minimum absolute atomic E-state index is 0.106. The Kier molecular flexibility index (Phi) is 5.40. The third-order valence-electron chi connectivity index (χ3n) is 4.43. The van der Waals surface area contributed by atoms with Gasteiger partial charge in [-0.25, -0.2) is 4.39 Å². The molecular weight excluding hydrogens is 305 g/mol. The van der Waals surface area contributed by atoms with E-state index in [4.69, 9.17) is 5.73 Å². The molecule has 1 aliphatic rings. The summed E-state index contributed by atoms with van der Waals surface area (Å²) < 4.78 is 14.8. The van der Waals surface area contributed by atoms with Crippen molar-refractivity contribution < 1.29 is 4.39 Å². The summed E-state index contributed by atoms with van der Waals surface area (Å²) in [7, 11) is 0. The van der Waals surface area contributed by atoms with Gasteiger partial charge in [0.25, 0.3) is 0 Å². The maximum absolute atomic E-state index is 14.0. The first-order valence-electron chi connectivity index (χ1n) is 7.29. The number of rotatable bonds is 3. The fraction of sp³-hybridized carbons (Fsp3) is 0.625. The summed E-state index contributed by atoms with van der Waals surface area (Å²) in [5.41, 5.74) is 6.98. The average molecular weight is 328 g/mol. The van der Waals surface area contributed by atoms with Gasteiger partial charge in [0, 0.05) is 4.47 Å². The highest BCUT2D eigenvalue weighted by Gasteiger charge is 2.29. The van der Waals surface area contributed by atoms with Crippen molar-refractivity contribution in [2.24, 2.45) is 11.1 Å². The van der Waals surface area contributed by atoms with Gasteiger partial charge in [0.2, 0.25) is 0 Å². The van der Waals surface area contributed by atoms with Crippen LogP contribution in [0.25, 0.3) is 0 Å². The molecule has 0 unspecified atom stereocenters. The lowest BCUT2D eigenvalue weighted by Gasteiger charge is -2.34. The highest BCUT2D eigenvalue weighted by atomic mass is 79.9. The molecule has 0 spiro atoms. The second kappa shape index (κ2) is 6.85. The van der Waals surface area contributed by atoms with Crippen LogP contribution in [-0.4, -0.2) is 6.54 Å². The second-order valence-corrected chi connectivity index (χ2v) is 6.80. The van der Waals surface area contributed by atoms with Crippen molar-refractivity contribution in [1.29, 1.82) is 0 Å². The monoisotopic (exact) mass is 327 g/mol. The summed E-state index contributed by atoms with van der Waals surface area (Å²) in [6, 6.07) is 5.38. The van der Waals surface area contributed by atoms with Crippen LogP contribution in [0.4, 0.5) is 4.39 Å². The Morgan fingerprint density at radius 2 is 1.74 bits per heavy atom. The van der Waals surface area contributed by atoms with E-state index in [0.717, 1.165) is 29.3 Å². The van der Waals surface area contributed by atoms with Gasteiger partial charge in [0.1, 0.15) is 5.82 Å². The van der Waals surface area contributed by atoms with Gasteiger partial charge >= 0.3 is 0 Å². The van der Waals surface area contributed by atoms with Crippen LogP contribution in [0.15, 0.2) is 22.7 Å². The van der Waals surface area contributed by atoms with E-state index in [-0.39, 0.29) is 11.2 Å².